The van der Waals surface area contributed by atoms with Crippen LogP contribution in [0.25, 0.3) is 0 Å². The van der Waals surface area contributed by atoms with Gasteiger partial charge >= 0.3 is 5.97 Å². The third kappa shape index (κ3) is 6.39. The standard InChI is InChI=1S/C23H24N4O6/c24-20(29)16(10-14-6-8-15(9-7-14)23(32)33)25-19(28)12-18-22(31)26-17(21(30)27-18)11-13-4-2-1-3-5-13/h1-9,16-18H,10-12H2,(H2,24,29)(H,25,28)(H,26,31)(H,27,30)(H,32,33)/t16-,17-,18-/m0/s1. The summed E-state index contributed by atoms with van der Waals surface area (Å²) >= 11 is 0. The molecule has 3 atom stereocenters. The van der Waals surface area contributed by atoms with Gasteiger partial charge in [0.25, 0.3) is 0 Å². The molecular weight excluding hydrogens is 428 g/mol. The number of aromatic carboxylic acids is 1. The molecule has 3 rings (SSSR count). The first-order valence-corrected chi connectivity index (χ1v) is 10.3. The summed E-state index contributed by atoms with van der Waals surface area (Å²) in [4.78, 5) is 60.0. The van der Waals surface area contributed by atoms with Crippen LogP contribution in [0.4, 0.5) is 0 Å². The van der Waals surface area contributed by atoms with Gasteiger partial charge in [0.05, 0.1) is 12.0 Å². The first-order chi connectivity index (χ1) is 15.7. The Balaban J connectivity index is 1.56. The molecule has 0 saturated carbocycles. The van der Waals surface area contributed by atoms with E-state index < -0.39 is 47.7 Å². The van der Waals surface area contributed by atoms with Crippen molar-refractivity contribution in [2.75, 3.05) is 0 Å². The lowest BCUT2D eigenvalue weighted by Crippen LogP contribution is -2.63. The Morgan fingerprint density at radius 2 is 1.52 bits per heavy atom. The molecule has 1 aliphatic rings. The SMILES string of the molecule is NC(=O)[C@H](Cc1ccc(C(=O)O)cc1)NC(=O)C[C@@H]1NC(=O)[C@H](Cc2ccccc2)NC1=O. The first kappa shape index (κ1) is 23.5. The zero-order chi connectivity index (χ0) is 24.0. The van der Waals surface area contributed by atoms with Crippen molar-refractivity contribution in [2.45, 2.75) is 37.4 Å². The third-order valence-corrected chi connectivity index (χ3v) is 5.26. The van der Waals surface area contributed by atoms with Crippen molar-refractivity contribution in [3.05, 3.63) is 71.3 Å². The predicted molar refractivity (Wildman–Crippen MR) is 117 cm³/mol. The van der Waals surface area contributed by atoms with Crippen molar-refractivity contribution in [1.82, 2.24) is 16.0 Å². The van der Waals surface area contributed by atoms with Gasteiger partial charge in [0.15, 0.2) is 0 Å². The van der Waals surface area contributed by atoms with E-state index in [2.05, 4.69) is 16.0 Å². The molecule has 4 amide bonds. The van der Waals surface area contributed by atoms with Crippen LogP contribution in [-0.4, -0.2) is 52.8 Å². The van der Waals surface area contributed by atoms with Crippen molar-refractivity contribution in [3.8, 4) is 0 Å². The number of carboxylic acids is 1. The summed E-state index contributed by atoms with van der Waals surface area (Å²) in [7, 11) is 0. The van der Waals surface area contributed by atoms with Crippen LogP contribution < -0.4 is 21.7 Å². The number of amides is 4. The van der Waals surface area contributed by atoms with Gasteiger partial charge in [-0.3, -0.25) is 19.2 Å². The molecule has 172 valence electrons. The summed E-state index contributed by atoms with van der Waals surface area (Å²) in [5, 5.41) is 16.6. The summed E-state index contributed by atoms with van der Waals surface area (Å²) in [6.45, 7) is 0. The lowest BCUT2D eigenvalue weighted by molar-refractivity contribution is -0.138. The number of nitrogens with one attached hydrogen (secondary N) is 3. The van der Waals surface area contributed by atoms with E-state index in [-0.39, 0.29) is 18.4 Å². The van der Waals surface area contributed by atoms with E-state index >= 15 is 0 Å². The van der Waals surface area contributed by atoms with E-state index in [1.807, 2.05) is 30.3 Å². The second kappa shape index (κ2) is 10.4. The van der Waals surface area contributed by atoms with Gasteiger partial charge in [-0.05, 0) is 23.3 Å². The minimum Gasteiger partial charge on any atom is -0.478 e. The first-order valence-electron chi connectivity index (χ1n) is 10.3. The molecule has 0 aliphatic carbocycles. The summed E-state index contributed by atoms with van der Waals surface area (Å²) in [6, 6.07) is 12.1. The number of carboxylic acid groups (broad SMARTS) is 1. The van der Waals surface area contributed by atoms with E-state index in [0.717, 1.165) is 5.56 Å². The Morgan fingerprint density at radius 3 is 2.12 bits per heavy atom. The van der Waals surface area contributed by atoms with Gasteiger partial charge in [-0.15, -0.1) is 0 Å². The van der Waals surface area contributed by atoms with Crippen molar-refractivity contribution < 1.29 is 29.1 Å². The zero-order valence-electron chi connectivity index (χ0n) is 17.6. The van der Waals surface area contributed by atoms with E-state index in [1.165, 1.54) is 24.3 Å². The number of benzene rings is 2. The Hall–Kier alpha value is -4.21. The molecule has 10 heteroatoms. The number of carbonyl (C=O) groups excluding carboxylic acids is 4. The second-order valence-electron chi connectivity index (χ2n) is 7.74. The molecule has 33 heavy (non-hydrogen) atoms. The van der Waals surface area contributed by atoms with Gasteiger partial charge in [-0.2, -0.15) is 0 Å². The molecule has 0 bridgehead atoms. The lowest BCUT2D eigenvalue weighted by atomic mass is 10.0. The highest BCUT2D eigenvalue weighted by Crippen LogP contribution is 2.10. The van der Waals surface area contributed by atoms with Gasteiger partial charge < -0.3 is 26.8 Å². The van der Waals surface area contributed by atoms with Crippen LogP contribution in [0.5, 0.6) is 0 Å². The van der Waals surface area contributed by atoms with E-state index in [0.29, 0.717) is 12.0 Å². The molecular formula is C23H24N4O6. The van der Waals surface area contributed by atoms with Gasteiger partial charge in [0.1, 0.15) is 18.1 Å². The van der Waals surface area contributed by atoms with Crippen molar-refractivity contribution in [3.63, 3.8) is 0 Å². The molecule has 0 radical (unpaired) electrons. The van der Waals surface area contributed by atoms with Gasteiger partial charge in [0, 0.05) is 12.8 Å². The average Bonchev–Trinajstić information content (AvgIpc) is 2.77. The van der Waals surface area contributed by atoms with Gasteiger partial charge in [-0.1, -0.05) is 42.5 Å². The molecule has 1 aliphatic heterocycles. The summed E-state index contributed by atoms with van der Waals surface area (Å²) in [5.74, 6) is -3.40. The molecule has 0 unspecified atom stereocenters. The summed E-state index contributed by atoms with van der Waals surface area (Å²) in [6.07, 6.45) is 0.00243. The number of rotatable bonds is 9. The monoisotopic (exact) mass is 452 g/mol. The Labute approximate surface area is 189 Å². The minimum absolute atomic E-state index is 0.0450. The smallest absolute Gasteiger partial charge is 0.335 e. The van der Waals surface area contributed by atoms with E-state index in [9.17, 15) is 24.0 Å². The molecule has 1 saturated heterocycles. The fourth-order valence-electron chi connectivity index (χ4n) is 3.49. The highest BCUT2D eigenvalue weighted by Gasteiger charge is 2.35. The largest absolute Gasteiger partial charge is 0.478 e. The summed E-state index contributed by atoms with van der Waals surface area (Å²) < 4.78 is 0. The van der Waals surface area contributed by atoms with Crippen molar-refractivity contribution in [2.24, 2.45) is 5.73 Å². The molecule has 0 spiro atoms. The minimum atomic E-state index is -1.08. The fraction of sp³-hybridized carbons (Fsp3) is 0.261. The van der Waals surface area contributed by atoms with E-state index in [4.69, 9.17) is 10.8 Å². The quantitative estimate of drug-likeness (QED) is 0.344. The Kier molecular flexibility index (Phi) is 7.39. The fourth-order valence-corrected chi connectivity index (χ4v) is 3.49. The maximum Gasteiger partial charge on any atom is 0.335 e. The number of carbonyl (C=O) groups is 5. The molecule has 6 N–H and O–H groups in total. The van der Waals surface area contributed by atoms with E-state index in [1.54, 1.807) is 0 Å². The predicted octanol–water partition coefficient (Wildman–Crippen LogP) is -0.487. The summed E-state index contributed by atoms with van der Waals surface area (Å²) in [5.41, 5.74) is 6.95. The van der Waals surface area contributed by atoms with Crippen molar-refractivity contribution in [1.29, 1.82) is 0 Å². The van der Waals surface area contributed by atoms with Crippen LogP contribution in [-0.2, 0) is 32.0 Å². The highest BCUT2D eigenvalue weighted by atomic mass is 16.4. The number of primary amides is 1. The molecule has 0 aromatic heterocycles. The third-order valence-electron chi connectivity index (χ3n) is 5.26. The van der Waals surface area contributed by atoms with Crippen LogP contribution >= 0.6 is 0 Å². The maximum absolute atomic E-state index is 12.5. The Morgan fingerprint density at radius 1 is 0.909 bits per heavy atom. The van der Waals surface area contributed by atoms with Crippen LogP contribution in [0.15, 0.2) is 54.6 Å². The topological polar surface area (TPSA) is 168 Å². The zero-order valence-corrected chi connectivity index (χ0v) is 17.6. The average molecular weight is 452 g/mol. The van der Waals surface area contributed by atoms with Crippen molar-refractivity contribution >= 4 is 29.6 Å². The molecule has 1 heterocycles. The maximum atomic E-state index is 12.5. The van der Waals surface area contributed by atoms with Gasteiger partial charge in [-0.25, -0.2) is 4.79 Å². The van der Waals surface area contributed by atoms with Crippen LogP contribution in [0, 0.1) is 0 Å². The normalized spacial score (nSPS) is 18.5. The molecule has 10 nitrogen and oxygen atoms in total. The number of piperazine rings is 1. The molecule has 2 aromatic rings. The second-order valence-corrected chi connectivity index (χ2v) is 7.74. The highest BCUT2D eigenvalue weighted by molar-refractivity contribution is 5.99. The number of hydrogen-bond donors (Lipinski definition) is 5. The molecule has 2 aromatic carbocycles. The van der Waals surface area contributed by atoms with Crippen LogP contribution in [0.1, 0.15) is 27.9 Å². The van der Waals surface area contributed by atoms with Gasteiger partial charge in [0.2, 0.25) is 23.6 Å². The Bertz CT molecular complexity index is 1050. The number of nitrogens with two attached hydrogens (primary N) is 1. The van der Waals surface area contributed by atoms with Crippen LogP contribution in [0.2, 0.25) is 0 Å². The van der Waals surface area contributed by atoms with Crippen LogP contribution in [0.3, 0.4) is 0 Å². The lowest BCUT2D eigenvalue weighted by Gasteiger charge is -2.29. The molecule has 1 fully saturated rings. The number of hydrogen-bond acceptors (Lipinski definition) is 5.